The second kappa shape index (κ2) is 5.63. The quantitative estimate of drug-likeness (QED) is 0.357. The minimum atomic E-state index is -1.99. The molecule has 0 N–H and O–H groups in total. The van der Waals surface area contributed by atoms with Crippen LogP contribution in [0.25, 0.3) is 20.2 Å². The van der Waals surface area contributed by atoms with Gasteiger partial charge in [0.15, 0.2) is 0 Å². The SMILES string of the molecule is Cc1c(C)c2c[c]([Sn]([CH3])([CH3])[CH3])sc2c2s[c]([Sn]([CH3])([CH3])[CH3])cc12. The van der Waals surface area contributed by atoms with Crippen LogP contribution in [-0.4, -0.2) is 36.8 Å². The van der Waals surface area contributed by atoms with Gasteiger partial charge in [0, 0.05) is 0 Å². The fourth-order valence-corrected chi connectivity index (χ4v) is 15.8. The molecule has 0 aliphatic carbocycles. The summed E-state index contributed by atoms with van der Waals surface area (Å²) >= 11 is 0.231. The molecule has 0 unspecified atom stereocenters. The summed E-state index contributed by atoms with van der Waals surface area (Å²) in [6, 6.07) is 5.08. The van der Waals surface area contributed by atoms with Crippen molar-refractivity contribution in [3.05, 3.63) is 23.3 Å². The molecule has 3 rings (SSSR count). The average Bonchev–Trinajstić information content (AvgIpc) is 2.98. The standard InChI is InChI=1S/C12H8S2.6CH3.2Sn/c1-7-8(2)10-4-6-14-12(10)11-9(7)3-5-13-11;;;;;;;;/h3-4H,1-2H3;6*1H3;;. The van der Waals surface area contributed by atoms with Crippen molar-refractivity contribution in [3.8, 4) is 0 Å². The summed E-state index contributed by atoms with van der Waals surface area (Å²) in [6.07, 6.45) is 0. The van der Waals surface area contributed by atoms with E-state index >= 15 is 0 Å². The van der Waals surface area contributed by atoms with E-state index in [2.05, 4.69) is 78.3 Å². The number of aryl methyl sites for hydroxylation is 2. The van der Waals surface area contributed by atoms with Crippen molar-refractivity contribution in [2.45, 2.75) is 43.5 Å². The number of fused-ring (bicyclic) bond motifs is 3. The molecule has 0 fully saturated rings. The molecule has 0 nitrogen and oxygen atoms in total. The molecule has 1 aromatic carbocycles. The molecule has 0 saturated carbocycles. The summed E-state index contributed by atoms with van der Waals surface area (Å²) in [7, 11) is 0. The summed E-state index contributed by atoms with van der Waals surface area (Å²) < 4.78 is 6.58. The van der Waals surface area contributed by atoms with Crippen molar-refractivity contribution in [2.24, 2.45) is 0 Å². The van der Waals surface area contributed by atoms with Gasteiger partial charge in [-0.3, -0.25) is 0 Å². The first-order chi connectivity index (χ1) is 10.00. The Labute approximate surface area is 150 Å². The second-order valence-electron chi connectivity index (χ2n) is 8.46. The van der Waals surface area contributed by atoms with Crippen molar-refractivity contribution in [2.75, 3.05) is 0 Å². The van der Waals surface area contributed by atoms with Crippen molar-refractivity contribution >= 4 is 85.4 Å². The van der Waals surface area contributed by atoms with Gasteiger partial charge in [0.25, 0.3) is 0 Å². The van der Waals surface area contributed by atoms with Crippen molar-refractivity contribution in [3.63, 3.8) is 0 Å². The van der Waals surface area contributed by atoms with E-state index in [-0.39, 0.29) is 0 Å². The van der Waals surface area contributed by atoms with E-state index in [1.807, 2.05) is 0 Å². The topological polar surface area (TPSA) is 0 Å². The van der Waals surface area contributed by atoms with Crippen LogP contribution in [-0.2, 0) is 0 Å². The van der Waals surface area contributed by atoms with E-state index in [0.29, 0.717) is 0 Å². The van der Waals surface area contributed by atoms with Gasteiger partial charge in [-0.2, -0.15) is 0 Å². The third-order valence-electron chi connectivity index (χ3n) is 4.52. The van der Waals surface area contributed by atoms with E-state index in [1.165, 1.54) is 21.9 Å². The third kappa shape index (κ3) is 2.90. The Morgan fingerprint density at radius 3 is 1.23 bits per heavy atom. The molecule has 4 heteroatoms. The van der Waals surface area contributed by atoms with Crippen LogP contribution in [0.3, 0.4) is 0 Å². The minimum absolute atomic E-state index is 1.51. The molecule has 22 heavy (non-hydrogen) atoms. The summed E-state index contributed by atoms with van der Waals surface area (Å²) in [5, 5.41) is 3.07. The Balaban J connectivity index is 2.43. The molecule has 0 amide bonds. The van der Waals surface area contributed by atoms with Gasteiger partial charge in [-0.25, -0.2) is 0 Å². The Bertz CT molecular complexity index is 797. The van der Waals surface area contributed by atoms with Gasteiger partial charge in [-0.05, 0) is 0 Å². The summed E-state index contributed by atoms with van der Waals surface area (Å²) in [5.74, 6) is 0. The van der Waals surface area contributed by atoms with Gasteiger partial charge in [-0.1, -0.05) is 0 Å². The fraction of sp³-hybridized carbons (Fsp3) is 0.444. The van der Waals surface area contributed by atoms with Gasteiger partial charge in [-0.15, -0.1) is 0 Å². The number of thiophene rings is 2. The molecule has 0 saturated heterocycles. The van der Waals surface area contributed by atoms with E-state index < -0.39 is 36.8 Å². The zero-order valence-electron chi connectivity index (χ0n) is 15.0. The molecular weight excluding hydrogens is 518 g/mol. The summed E-state index contributed by atoms with van der Waals surface area (Å²) in [5.41, 5.74) is 3.02. The van der Waals surface area contributed by atoms with Crippen LogP contribution < -0.4 is 5.79 Å². The Kier molecular flexibility index (Phi) is 4.50. The average molecular weight is 544 g/mol. The molecule has 0 aliphatic heterocycles. The molecule has 2 heterocycles. The zero-order chi connectivity index (χ0) is 16.4. The van der Waals surface area contributed by atoms with E-state index in [4.69, 9.17) is 0 Å². The summed E-state index contributed by atoms with van der Waals surface area (Å²) in [6.45, 7) is 4.65. The Morgan fingerprint density at radius 1 is 0.636 bits per heavy atom. The number of benzene rings is 1. The molecule has 0 radical (unpaired) electrons. The molecule has 0 atom stereocenters. The normalized spacial score (nSPS) is 13.5. The molecule has 2 aromatic heterocycles. The van der Waals surface area contributed by atoms with Crippen LogP contribution in [0.4, 0.5) is 0 Å². The fourth-order valence-electron chi connectivity index (χ4n) is 2.82. The Hall–Kier alpha value is 0.737. The predicted molar refractivity (Wildman–Crippen MR) is 113 cm³/mol. The Morgan fingerprint density at radius 2 is 0.955 bits per heavy atom. The van der Waals surface area contributed by atoms with Crippen LogP contribution in [0.15, 0.2) is 12.1 Å². The number of rotatable bonds is 2. The van der Waals surface area contributed by atoms with Gasteiger partial charge < -0.3 is 0 Å². The van der Waals surface area contributed by atoms with E-state index in [1.54, 1.807) is 15.2 Å². The van der Waals surface area contributed by atoms with Crippen molar-refractivity contribution in [1.82, 2.24) is 0 Å². The molecule has 118 valence electrons. The molecule has 0 bridgehead atoms. The van der Waals surface area contributed by atoms with Crippen LogP contribution in [0.2, 0.25) is 29.6 Å². The first-order valence-corrected chi connectivity index (χ1v) is 29.6. The van der Waals surface area contributed by atoms with Gasteiger partial charge in [0.2, 0.25) is 0 Å². The molecule has 0 aliphatic rings. The first-order valence-electron chi connectivity index (χ1n) is 7.97. The van der Waals surface area contributed by atoms with E-state index in [0.717, 1.165) is 0 Å². The van der Waals surface area contributed by atoms with Crippen molar-refractivity contribution < 1.29 is 0 Å². The maximum atomic E-state index is 2.54. The van der Waals surface area contributed by atoms with Gasteiger partial charge in [0.05, 0.1) is 0 Å². The second-order valence-corrected chi connectivity index (χ2v) is 41.4. The van der Waals surface area contributed by atoms with E-state index in [9.17, 15) is 0 Å². The maximum absolute atomic E-state index is 2.54. The monoisotopic (exact) mass is 546 g/mol. The number of hydrogen-bond donors (Lipinski definition) is 0. The van der Waals surface area contributed by atoms with Crippen LogP contribution in [0, 0.1) is 13.8 Å². The first kappa shape index (κ1) is 17.6. The predicted octanol–water partition coefficient (Wildman–Crippen LogP) is 5.82. The molecule has 0 spiro atoms. The number of hydrogen-bond acceptors (Lipinski definition) is 2. The van der Waals surface area contributed by atoms with Gasteiger partial charge >= 0.3 is 152 Å². The van der Waals surface area contributed by atoms with Crippen LogP contribution in [0.1, 0.15) is 11.1 Å². The summed E-state index contributed by atoms with van der Waals surface area (Å²) in [4.78, 5) is 15.2. The van der Waals surface area contributed by atoms with Crippen LogP contribution >= 0.6 is 22.7 Å². The van der Waals surface area contributed by atoms with Crippen molar-refractivity contribution in [1.29, 1.82) is 0 Å². The zero-order valence-corrected chi connectivity index (χ0v) is 22.3. The van der Waals surface area contributed by atoms with Gasteiger partial charge in [0.1, 0.15) is 0 Å². The molecule has 3 aromatic rings. The molecular formula is C18H26S2Sn2. The van der Waals surface area contributed by atoms with Crippen LogP contribution in [0.5, 0.6) is 0 Å². The third-order valence-corrected chi connectivity index (χ3v) is 25.8.